The molecule has 0 heterocycles. The maximum atomic E-state index is 11.1. The zero-order valence-corrected chi connectivity index (χ0v) is 10.3. The Morgan fingerprint density at radius 1 is 1.38 bits per heavy atom. The van der Waals surface area contributed by atoms with Gasteiger partial charge in [0.25, 0.3) is 0 Å². The first-order valence-electron chi connectivity index (χ1n) is 4.87. The van der Waals surface area contributed by atoms with Crippen LogP contribution in [0.2, 0.25) is 10.0 Å². The molecule has 0 unspecified atom stereocenters. The van der Waals surface area contributed by atoms with Gasteiger partial charge in [0, 0.05) is 5.02 Å². The Morgan fingerprint density at radius 3 is 2.75 bits per heavy atom. The molecule has 1 rings (SSSR count). The van der Waals surface area contributed by atoms with Crippen molar-refractivity contribution in [2.24, 2.45) is 0 Å². The lowest BCUT2D eigenvalue weighted by molar-refractivity contribution is -0.146. The third kappa shape index (κ3) is 4.29. The molecule has 0 saturated heterocycles. The normalized spacial score (nSPS) is 9.94. The number of esters is 1. The van der Waals surface area contributed by atoms with Crippen LogP contribution in [0.5, 0.6) is 5.75 Å². The first kappa shape index (κ1) is 13.1. The molecule has 88 valence electrons. The van der Waals surface area contributed by atoms with E-state index in [-0.39, 0.29) is 6.61 Å². The van der Waals surface area contributed by atoms with Crippen LogP contribution in [-0.2, 0) is 9.53 Å². The number of ether oxygens (including phenoxy) is 2. The van der Waals surface area contributed by atoms with E-state index >= 15 is 0 Å². The number of hydrogen-bond acceptors (Lipinski definition) is 3. The molecule has 0 aliphatic carbocycles. The largest absolute Gasteiger partial charge is 0.480 e. The quantitative estimate of drug-likeness (QED) is 0.764. The second-order valence-corrected chi connectivity index (χ2v) is 3.93. The summed E-state index contributed by atoms with van der Waals surface area (Å²) in [7, 11) is 0. The zero-order chi connectivity index (χ0) is 12.0. The Kier molecular flexibility index (Phi) is 5.43. The van der Waals surface area contributed by atoms with Gasteiger partial charge < -0.3 is 9.47 Å². The van der Waals surface area contributed by atoms with Gasteiger partial charge in [-0.25, -0.2) is 4.79 Å². The molecule has 16 heavy (non-hydrogen) atoms. The first-order valence-corrected chi connectivity index (χ1v) is 5.62. The monoisotopic (exact) mass is 262 g/mol. The Bertz CT molecular complexity index is 366. The molecule has 0 aliphatic heterocycles. The van der Waals surface area contributed by atoms with Crippen LogP contribution in [0.25, 0.3) is 0 Å². The van der Waals surface area contributed by atoms with E-state index in [0.717, 1.165) is 6.42 Å². The van der Waals surface area contributed by atoms with Crippen LogP contribution in [0.3, 0.4) is 0 Å². The van der Waals surface area contributed by atoms with Gasteiger partial charge in [0.1, 0.15) is 5.75 Å². The average molecular weight is 263 g/mol. The minimum atomic E-state index is -0.409. The van der Waals surface area contributed by atoms with E-state index in [1.54, 1.807) is 18.2 Å². The van der Waals surface area contributed by atoms with Gasteiger partial charge in [-0.05, 0) is 24.6 Å². The van der Waals surface area contributed by atoms with Gasteiger partial charge in [-0.2, -0.15) is 0 Å². The summed E-state index contributed by atoms with van der Waals surface area (Å²) in [6.45, 7) is 2.17. The summed E-state index contributed by atoms with van der Waals surface area (Å²) in [5, 5.41) is 0.890. The summed E-state index contributed by atoms with van der Waals surface area (Å²) in [4.78, 5) is 11.1. The predicted octanol–water partition coefficient (Wildman–Crippen LogP) is 3.33. The van der Waals surface area contributed by atoms with Gasteiger partial charge in [-0.15, -0.1) is 0 Å². The zero-order valence-electron chi connectivity index (χ0n) is 8.83. The van der Waals surface area contributed by atoms with Gasteiger partial charge in [-0.1, -0.05) is 30.1 Å². The van der Waals surface area contributed by atoms with Crippen LogP contribution < -0.4 is 4.74 Å². The predicted molar refractivity (Wildman–Crippen MR) is 63.2 cm³/mol. The first-order chi connectivity index (χ1) is 7.63. The maximum Gasteiger partial charge on any atom is 0.344 e. The highest BCUT2D eigenvalue weighted by Crippen LogP contribution is 2.27. The van der Waals surface area contributed by atoms with Crippen molar-refractivity contribution in [1.82, 2.24) is 0 Å². The van der Waals surface area contributed by atoms with E-state index in [1.807, 2.05) is 6.92 Å². The van der Waals surface area contributed by atoms with E-state index in [9.17, 15) is 4.79 Å². The third-order valence-corrected chi connectivity index (χ3v) is 2.24. The Labute approximate surface area is 104 Å². The minimum Gasteiger partial charge on any atom is -0.480 e. The van der Waals surface area contributed by atoms with Crippen LogP contribution in [0.1, 0.15) is 13.3 Å². The number of rotatable bonds is 5. The van der Waals surface area contributed by atoms with Crippen molar-refractivity contribution in [2.75, 3.05) is 13.2 Å². The lowest BCUT2D eigenvalue weighted by Gasteiger charge is -2.07. The van der Waals surface area contributed by atoms with Gasteiger partial charge in [-0.3, -0.25) is 0 Å². The number of hydrogen-bond donors (Lipinski definition) is 0. The molecule has 1 aromatic carbocycles. The number of benzene rings is 1. The van der Waals surface area contributed by atoms with Crippen LogP contribution in [0, 0.1) is 0 Å². The van der Waals surface area contributed by atoms with Crippen molar-refractivity contribution >= 4 is 29.2 Å². The molecule has 0 fully saturated rings. The van der Waals surface area contributed by atoms with Crippen molar-refractivity contribution in [1.29, 1.82) is 0 Å². The van der Waals surface area contributed by atoms with Crippen molar-refractivity contribution in [3.8, 4) is 5.75 Å². The smallest absolute Gasteiger partial charge is 0.344 e. The fourth-order valence-corrected chi connectivity index (χ4v) is 1.45. The molecule has 0 radical (unpaired) electrons. The van der Waals surface area contributed by atoms with Gasteiger partial charge in [0.05, 0.1) is 11.6 Å². The summed E-state index contributed by atoms with van der Waals surface area (Å²) in [6.07, 6.45) is 0.785. The van der Waals surface area contributed by atoms with Crippen molar-refractivity contribution in [3.63, 3.8) is 0 Å². The van der Waals surface area contributed by atoms with E-state index in [0.29, 0.717) is 22.4 Å². The van der Waals surface area contributed by atoms with Crippen LogP contribution in [0.4, 0.5) is 0 Å². The highest BCUT2D eigenvalue weighted by Gasteiger charge is 2.06. The summed E-state index contributed by atoms with van der Waals surface area (Å²) in [5.41, 5.74) is 0. The van der Waals surface area contributed by atoms with Crippen LogP contribution in [0.15, 0.2) is 18.2 Å². The highest BCUT2D eigenvalue weighted by molar-refractivity contribution is 6.35. The fourth-order valence-electron chi connectivity index (χ4n) is 0.987. The summed E-state index contributed by atoms with van der Waals surface area (Å²) in [5.74, 6) is 0.00684. The molecule has 1 aromatic rings. The SMILES string of the molecule is CCCOC(=O)COc1ccc(Cl)cc1Cl. The Hall–Kier alpha value is -0.930. The molecule has 0 spiro atoms. The number of carbonyl (C=O) groups excluding carboxylic acids is 1. The molecule has 0 aromatic heterocycles. The van der Waals surface area contributed by atoms with E-state index in [2.05, 4.69) is 0 Å². The van der Waals surface area contributed by atoms with Crippen molar-refractivity contribution in [2.45, 2.75) is 13.3 Å². The minimum absolute atomic E-state index is 0.151. The van der Waals surface area contributed by atoms with E-state index in [4.69, 9.17) is 32.7 Å². The number of carbonyl (C=O) groups is 1. The topological polar surface area (TPSA) is 35.5 Å². The Morgan fingerprint density at radius 2 is 2.12 bits per heavy atom. The molecule has 0 amide bonds. The average Bonchev–Trinajstić information content (AvgIpc) is 2.25. The molecule has 0 saturated carbocycles. The van der Waals surface area contributed by atoms with Gasteiger partial charge in [0.2, 0.25) is 0 Å². The standard InChI is InChI=1S/C11H12Cl2O3/c1-2-5-15-11(14)7-16-10-4-3-8(12)6-9(10)13/h3-4,6H,2,5,7H2,1H3. The summed E-state index contributed by atoms with van der Waals surface area (Å²) < 4.78 is 10.0. The lowest BCUT2D eigenvalue weighted by Crippen LogP contribution is -2.15. The Balaban J connectivity index is 2.45. The van der Waals surface area contributed by atoms with E-state index in [1.165, 1.54) is 0 Å². The third-order valence-electron chi connectivity index (χ3n) is 1.71. The summed E-state index contributed by atoms with van der Waals surface area (Å²) >= 11 is 11.6. The van der Waals surface area contributed by atoms with Crippen molar-refractivity contribution < 1.29 is 14.3 Å². The molecule has 0 atom stereocenters. The highest BCUT2D eigenvalue weighted by atomic mass is 35.5. The molecular weight excluding hydrogens is 251 g/mol. The van der Waals surface area contributed by atoms with E-state index < -0.39 is 5.97 Å². The molecule has 3 nitrogen and oxygen atoms in total. The van der Waals surface area contributed by atoms with Crippen LogP contribution >= 0.6 is 23.2 Å². The number of halogens is 2. The molecule has 0 N–H and O–H groups in total. The lowest BCUT2D eigenvalue weighted by atomic mass is 10.3. The second-order valence-electron chi connectivity index (χ2n) is 3.08. The fraction of sp³-hybridized carbons (Fsp3) is 0.364. The van der Waals surface area contributed by atoms with Crippen LogP contribution in [-0.4, -0.2) is 19.2 Å². The van der Waals surface area contributed by atoms with Gasteiger partial charge >= 0.3 is 5.97 Å². The second kappa shape index (κ2) is 6.61. The molecule has 0 bridgehead atoms. The van der Waals surface area contributed by atoms with Gasteiger partial charge in [0.15, 0.2) is 6.61 Å². The maximum absolute atomic E-state index is 11.1. The molecular formula is C11H12Cl2O3. The molecule has 5 heteroatoms. The molecule has 0 aliphatic rings. The van der Waals surface area contributed by atoms with Crippen molar-refractivity contribution in [3.05, 3.63) is 28.2 Å². The summed E-state index contributed by atoms with van der Waals surface area (Å²) in [6, 6.07) is 4.80.